The van der Waals surface area contributed by atoms with E-state index >= 15 is 0 Å². The van der Waals surface area contributed by atoms with Crippen LogP contribution in [0.15, 0.2) is 10.7 Å². The molecule has 0 N–H and O–H groups in total. The predicted molar refractivity (Wildman–Crippen MR) is 97.5 cm³/mol. The number of piperidine rings is 1. The van der Waals surface area contributed by atoms with E-state index in [-0.39, 0.29) is 6.10 Å². The van der Waals surface area contributed by atoms with Gasteiger partial charge in [-0.1, -0.05) is 5.16 Å². The fourth-order valence-corrected chi connectivity index (χ4v) is 3.61. The Kier molecular flexibility index (Phi) is 5.63. The summed E-state index contributed by atoms with van der Waals surface area (Å²) in [5.41, 5.74) is 1.72. The Bertz CT molecular complexity index is 752. The van der Waals surface area contributed by atoms with Crippen molar-refractivity contribution in [3.8, 4) is 5.88 Å². The molecule has 2 aliphatic rings. The van der Waals surface area contributed by atoms with E-state index in [9.17, 15) is 0 Å². The molecule has 2 aliphatic heterocycles. The number of aromatic nitrogens is 4. The molecule has 0 unspecified atom stereocenters. The lowest BCUT2D eigenvalue weighted by atomic mass is 10.0. The number of rotatable bonds is 5. The number of nitrogens with zero attached hydrogens (tertiary/aromatic N) is 5. The second-order valence-corrected chi connectivity index (χ2v) is 7.43. The maximum absolute atomic E-state index is 6.09. The number of hydrogen-bond donors (Lipinski definition) is 0. The zero-order chi connectivity index (χ0) is 18.6. The summed E-state index contributed by atoms with van der Waals surface area (Å²) in [7, 11) is 0. The van der Waals surface area contributed by atoms with Crippen LogP contribution in [0.25, 0.3) is 0 Å². The van der Waals surface area contributed by atoms with Gasteiger partial charge in [-0.25, -0.2) is 4.98 Å². The van der Waals surface area contributed by atoms with Crippen molar-refractivity contribution in [3.05, 3.63) is 29.3 Å². The number of likely N-dealkylation sites (tertiary alicyclic amines) is 1. The standard InChI is InChI=1S/C19H27N5O3/c1-13-11-20-14(2)18(21-13)26-16-3-7-24(8-4-16)12-17-22-19(27-23-17)15-5-9-25-10-6-15/h11,15-16H,3-10,12H2,1-2H3. The molecule has 8 nitrogen and oxygen atoms in total. The van der Waals surface area contributed by atoms with Crippen LogP contribution in [0, 0.1) is 13.8 Å². The monoisotopic (exact) mass is 373 g/mol. The highest BCUT2D eigenvalue weighted by Gasteiger charge is 2.25. The van der Waals surface area contributed by atoms with E-state index in [2.05, 4.69) is 25.0 Å². The number of hydrogen-bond acceptors (Lipinski definition) is 8. The van der Waals surface area contributed by atoms with E-state index in [4.69, 9.17) is 14.0 Å². The van der Waals surface area contributed by atoms with E-state index in [1.165, 1.54) is 0 Å². The molecule has 4 rings (SSSR count). The van der Waals surface area contributed by atoms with Crippen LogP contribution in [0.5, 0.6) is 5.88 Å². The summed E-state index contributed by atoms with van der Waals surface area (Å²) >= 11 is 0. The minimum absolute atomic E-state index is 0.180. The number of ether oxygens (including phenoxy) is 2. The molecule has 0 spiro atoms. The fraction of sp³-hybridized carbons (Fsp3) is 0.684. The van der Waals surface area contributed by atoms with Crippen LogP contribution >= 0.6 is 0 Å². The normalized spacial score (nSPS) is 20.1. The topological polar surface area (TPSA) is 86.4 Å². The lowest BCUT2D eigenvalue weighted by molar-refractivity contribution is 0.0778. The van der Waals surface area contributed by atoms with Crippen molar-refractivity contribution >= 4 is 0 Å². The van der Waals surface area contributed by atoms with Crippen LogP contribution in [-0.2, 0) is 11.3 Å². The van der Waals surface area contributed by atoms with Gasteiger partial charge in [0.1, 0.15) is 6.10 Å². The Balaban J connectivity index is 1.27. The van der Waals surface area contributed by atoms with E-state index in [1.807, 2.05) is 13.8 Å². The Labute approximate surface area is 159 Å². The largest absolute Gasteiger partial charge is 0.473 e. The van der Waals surface area contributed by atoms with Crippen LogP contribution in [0.2, 0.25) is 0 Å². The second-order valence-electron chi connectivity index (χ2n) is 7.43. The molecule has 0 bridgehead atoms. The highest BCUT2D eigenvalue weighted by atomic mass is 16.5. The summed E-state index contributed by atoms with van der Waals surface area (Å²) in [5, 5.41) is 4.18. The van der Waals surface area contributed by atoms with Crippen LogP contribution < -0.4 is 4.74 Å². The van der Waals surface area contributed by atoms with Gasteiger partial charge in [0, 0.05) is 38.4 Å². The van der Waals surface area contributed by atoms with Gasteiger partial charge in [-0.3, -0.25) is 9.88 Å². The third kappa shape index (κ3) is 4.62. The van der Waals surface area contributed by atoms with Crippen molar-refractivity contribution in [1.29, 1.82) is 0 Å². The van der Waals surface area contributed by atoms with Crippen molar-refractivity contribution in [2.45, 2.75) is 58.1 Å². The number of aryl methyl sites for hydroxylation is 2. The molecule has 0 amide bonds. The molecule has 0 aliphatic carbocycles. The first kappa shape index (κ1) is 18.3. The van der Waals surface area contributed by atoms with Gasteiger partial charge in [0.25, 0.3) is 0 Å². The Morgan fingerprint density at radius 2 is 1.89 bits per heavy atom. The molecule has 0 atom stereocenters. The first-order valence-corrected chi connectivity index (χ1v) is 9.77. The molecule has 0 radical (unpaired) electrons. The van der Waals surface area contributed by atoms with Gasteiger partial charge in [0.15, 0.2) is 5.82 Å². The zero-order valence-corrected chi connectivity index (χ0v) is 16.1. The lowest BCUT2D eigenvalue weighted by Crippen LogP contribution is -2.38. The van der Waals surface area contributed by atoms with Crippen molar-refractivity contribution in [1.82, 2.24) is 25.0 Å². The average molecular weight is 373 g/mol. The van der Waals surface area contributed by atoms with Crippen molar-refractivity contribution in [3.63, 3.8) is 0 Å². The second kappa shape index (κ2) is 8.31. The Morgan fingerprint density at radius 1 is 1.11 bits per heavy atom. The summed E-state index contributed by atoms with van der Waals surface area (Å²) in [4.78, 5) is 15.8. The van der Waals surface area contributed by atoms with Crippen LogP contribution in [-0.4, -0.2) is 57.4 Å². The molecular formula is C19H27N5O3. The van der Waals surface area contributed by atoms with Gasteiger partial charge in [0.05, 0.1) is 17.9 Å². The molecule has 0 saturated carbocycles. The summed E-state index contributed by atoms with van der Waals surface area (Å²) in [5.74, 6) is 2.54. The first-order chi connectivity index (χ1) is 13.2. The van der Waals surface area contributed by atoms with Gasteiger partial charge >= 0.3 is 0 Å². The molecule has 2 saturated heterocycles. The molecule has 2 aromatic rings. The average Bonchev–Trinajstić information content (AvgIpc) is 3.15. The van der Waals surface area contributed by atoms with E-state index in [0.717, 1.165) is 81.6 Å². The SMILES string of the molecule is Cc1cnc(C)c(OC2CCN(Cc3noc(C4CCOCC4)n3)CC2)n1. The van der Waals surface area contributed by atoms with Gasteiger partial charge in [-0.05, 0) is 39.5 Å². The molecule has 8 heteroatoms. The minimum Gasteiger partial charge on any atom is -0.473 e. The third-order valence-electron chi connectivity index (χ3n) is 5.26. The molecular weight excluding hydrogens is 346 g/mol. The molecule has 146 valence electrons. The summed E-state index contributed by atoms with van der Waals surface area (Å²) < 4.78 is 17.0. The quantitative estimate of drug-likeness (QED) is 0.790. The lowest BCUT2D eigenvalue weighted by Gasteiger charge is -2.31. The van der Waals surface area contributed by atoms with Crippen molar-refractivity contribution in [2.24, 2.45) is 0 Å². The molecule has 2 aromatic heterocycles. The highest BCUT2D eigenvalue weighted by Crippen LogP contribution is 2.26. The van der Waals surface area contributed by atoms with Crippen molar-refractivity contribution < 1.29 is 14.0 Å². The smallest absolute Gasteiger partial charge is 0.235 e. The highest BCUT2D eigenvalue weighted by molar-refractivity contribution is 5.18. The third-order valence-corrected chi connectivity index (χ3v) is 5.26. The van der Waals surface area contributed by atoms with Crippen molar-refractivity contribution in [2.75, 3.05) is 26.3 Å². The van der Waals surface area contributed by atoms with Gasteiger partial charge in [0.2, 0.25) is 11.8 Å². The molecule has 27 heavy (non-hydrogen) atoms. The summed E-state index contributed by atoms with van der Waals surface area (Å²) in [6.07, 6.45) is 5.79. The summed E-state index contributed by atoms with van der Waals surface area (Å²) in [6.45, 7) is 8.04. The first-order valence-electron chi connectivity index (χ1n) is 9.77. The van der Waals surface area contributed by atoms with Crippen LogP contribution in [0.3, 0.4) is 0 Å². The minimum atomic E-state index is 0.180. The zero-order valence-electron chi connectivity index (χ0n) is 16.1. The maximum atomic E-state index is 6.09. The molecule has 4 heterocycles. The van der Waals surface area contributed by atoms with Gasteiger partial charge in [-0.2, -0.15) is 4.98 Å². The van der Waals surface area contributed by atoms with Gasteiger partial charge in [-0.15, -0.1) is 0 Å². The van der Waals surface area contributed by atoms with Crippen LogP contribution in [0.4, 0.5) is 0 Å². The molecule has 0 aromatic carbocycles. The predicted octanol–water partition coefficient (Wildman–Crippen LogP) is 2.41. The summed E-state index contributed by atoms with van der Waals surface area (Å²) in [6, 6.07) is 0. The fourth-order valence-electron chi connectivity index (χ4n) is 3.61. The van der Waals surface area contributed by atoms with E-state index in [1.54, 1.807) is 6.20 Å². The van der Waals surface area contributed by atoms with Crippen LogP contribution in [0.1, 0.15) is 54.7 Å². The van der Waals surface area contributed by atoms with E-state index < -0.39 is 0 Å². The van der Waals surface area contributed by atoms with E-state index in [0.29, 0.717) is 11.8 Å². The van der Waals surface area contributed by atoms with Gasteiger partial charge < -0.3 is 14.0 Å². The Morgan fingerprint density at radius 3 is 2.67 bits per heavy atom. The molecule has 2 fully saturated rings. The maximum Gasteiger partial charge on any atom is 0.235 e. The Hall–Kier alpha value is -2.06.